The molecule has 0 saturated carbocycles. The third kappa shape index (κ3) is 8.50. The SMILES string of the molecule is C=Cc1ccc([O][Sb]([O]c2ccc(C=C)cc2)[c]2cc[c]([Sb]([O]c3ccc(C=C)cc3)[O]c3ccc(C=C)cc3)cc2)cc1. The van der Waals surface area contributed by atoms with Gasteiger partial charge >= 0.3 is 278 Å². The monoisotopic (exact) mass is 794 g/mol. The Bertz CT molecular complexity index is 1460. The molecule has 218 valence electrons. The molecule has 0 heterocycles. The van der Waals surface area contributed by atoms with Crippen LogP contribution >= 0.6 is 0 Å². The summed E-state index contributed by atoms with van der Waals surface area (Å²) >= 11 is -5.98. The molecule has 44 heavy (non-hydrogen) atoms. The molecule has 0 unspecified atom stereocenters. The van der Waals surface area contributed by atoms with E-state index in [1.165, 1.54) is 0 Å². The van der Waals surface area contributed by atoms with Gasteiger partial charge in [0.05, 0.1) is 0 Å². The minimum absolute atomic E-state index is 0.762. The van der Waals surface area contributed by atoms with Gasteiger partial charge in [-0.1, -0.05) is 0 Å². The Balaban J connectivity index is 1.43. The first-order chi connectivity index (χ1) is 21.6. The van der Waals surface area contributed by atoms with E-state index in [4.69, 9.17) is 12.1 Å². The van der Waals surface area contributed by atoms with Crippen LogP contribution in [0.1, 0.15) is 22.3 Å². The van der Waals surface area contributed by atoms with Crippen LogP contribution in [0.5, 0.6) is 23.0 Å². The molecule has 0 spiro atoms. The van der Waals surface area contributed by atoms with Crippen molar-refractivity contribution in [3.8, 4) is 23.0 Å². The second kappa shape index (κ2) is 15.6. The van der Waals surface area contributed by atoms with Crippen LogP contribution in [0.2, 0.25) is 0 Å². The van der Waals surface area contributed by atoms with E-state index < -0.39 is 42.1 Å². The summed E-state index contributed by atoms with van der Waals surface area (Å²) in [5, 5.41) is 0. The van der Waals surface area contributed by atoms with Crippen molar-refractivity contribution >= 4 is 73.4 Å². The summed E-state index contributed by atoms with van der Waals surface area (Å²) in [6, 6.07) is 39.8. The second-order valence-corrected chi connectivity index (χ2v) is 17.5. The molecule has 0 radical (unpaired) electrons. The fourth-order valence-electron chi connectivity index (χ4n) is 3.99. The molecule has 6 heteroatoms. The Hall–Kier alpha value is -4.10. The van der Waals surface area contributed by atoms with E-state index in [9.17, 15) is 0 Å². The van der Waals surface area contributed by atoms with Gasteiger partial charge in [-0.05, 0) is 0 Å². The maximum atomic E-state index is 6.54. The maximum absolute atomic E-state index is 6.54. The van der Waals surface area contributed by atoms with Crippen LogP contribution in [0, 0.1) is 0 Å². The first-order valence-corrected chi connectivity index (χ1v) is 20.6. The van der Waals surface area contributed by atoms with Crippen LogP contribution in [0.3, 0.4) is 0 Å². The molecule has 4 nitrogen and oxygen atoms in total. The summed E-state index contributed by atoms with van der Waals surface area (Å²) in [6.07, 6.45) is 7.25. The standard InChI is InChI=1S/4C8H8O.C6H4.2Sb/c4*1-2-7-3-5-8(9)6-4-7;1-2-4-6-5-3-1;;/h4*2-6,9H,1H2;1-2,5-6H;;/q;;;;;2*+2/p-4. The van der Waals surface area contributed by atoms with Gasteiger partial charge in [-0.15, -0.1) is 0 Å². The minimum atomic E-state index is -2.99. The number of hydrogen-bond donors (Lipinski definition) is 0. The molecule has 0 aliphatic heterocycles. The molecule has 0 fully saturated rings. The average molecular weight is 796 g/mol. The molecule has 5 aromatic carbocycles. The fraction of sp³-hybridized carbons (Fsp3) is 0. The zero-order chi connectivity index (χ0) is 30.7. The molecule has 0 saturated heterocycles. The van der Waals surface area contributed by atoms with Crippen LogP contribution < -0.4 is 19.1 Å². The molecule has 0 aliphatic rings. The third-order valence-electron chi connectivity index (χ3n) is 6.49. The van der Waals surface area contributed by atoms with Crippen molar-refractivity contribution in [1.82, 2.24) is 0 Å². The number of rotatable bonds is 14. The van der Waals surface area contributed by atoms with Crippen molar-refractivity contribution in [3.05, 3.63) is 170 Å². The van der Waals surface area contributed by atoms with Gasteiger partial charge in [0.15, 0.2) is 0 Å². The van der Waals surface area contributed by atoms with Crippen molar-refractivity contribution < 1.29 is 12.1 Å². The van der Waals surface area contributed by atoms with Gasteiger partial charge in [-0.2, -0.15) is 0 Å². The second-order valence-electron chi connectivity index (χ2n) is 9.49. The normalized spacial score (nSPS) is 10.6. The number of hydrogen-bond acceptors (Lipinski definition) is 4. The Morgan fingerprint density at radius 1 is 0.318 bits per heavy atom. The fourth-order valence-corrected chi connectivity index (χ4v) is 11.2. The Morgan fingerprint density at radius 2 is 0.523 bits per heavy atom. The summed E-state index contributed by atoms with van der Waals surface area (Å²) in [6.45, 7) is 15.4. The molecular weight excluding hydrogens is 764 g/mol. The Labute approximate surface area is 276 Å². The van der Waals surface area contributed by atoms with E-state index in [-0.39, 0.29) is 0 Å². The quantitative estimate of drug-likeness (QED) is 0.107. The summed E-state index contributed by atoms with van der Waals surface area (Å²) in [5.74, 6) is 3.05. The molecule has 0 aromatic heterocycles. The average Bonchev–Trinajstić information content (AvgIpc) is 3.09. The van der Waals surface area contributed by atoms with Crippen LogP contribution in [0.15, 0.2) is 148 Å². The van der Waals surface area contributed by atoms with Gasteiger partial charge in [-0.3, -0.25) is 0 Å². The predicted molar refractivity (Wildman–Crippen MR) is 186 cm³/mol. The van der Waals surface area contributed by atoms with Crippen LogP contribution in [0.4, 0.5) is 0 Å². The summed E-state index contributed by atoms with van der Waals surface area (Å²) in [4.78, 5) is 0. The molecule has 0 atom stereocenters. The molecule has 5 aromatic rings. The predicted octanol–water partition coefficient (Wildman–Crippen LogP) is 7.97. The van der Waals surface area contributed by atoms with E-state index in [0.29, 0.717) is 0 Å². The first kappa shape index (κ1) is 31.3. The van der Waals surface area contributed by atoms with E-state index in [2.05, 4.69) is 50.6 Å². The van der Waals surface area contributed by atoms with Gasteiger partial charge < -0.3 is 0 Å². The van der Waals surface area contributed by atoms with Gasteiger partial charge in [0.1, 0.15) is 0 Å². The molecule has 0 N–H and O–H groups in total. The Kier molecular flexibility index (Phi) is 11.1. The summed E-state index contributed by atoms with van der Waals surface area (Å²) < 4.78 is 28.2. The molecule has 0 bridgehead atoms. The molecule has 0 aliphatic carbocycles. The number of benzene rings is 5. The van der Waals surface area contributed by atoms with E-state index >= 15 is 0 Å². The van der Waals surface area contributed by atoms with Crippen LogP contribution in [-0.4, -0.2) is 42.1 Å². The summed E-state index contributed by atoms with van der Waals surface area (Å²) in [7, 11) is 0. The first-order valence-electron chi connectivity index (χ1n) is 13.9. The van der Waals surface area contributed by atoms with Crippen molar-refractivity contribution in [2.24, 2.45) is 0 Å². The molecule has 0 amide bonds. The van der Waals surface area contributed by atoms with E-state index in [1.807, 2.05) is 121 Å². The zero-order valence-electron chi connectivity index (χ0n) is 24.2. The topological polar surface area (TPSA) is 36.9 Å². The summed E-state index contributed by atoms with van der Waals surface area (Å²) in [5.41, 5.74) is 4.12. The van der Waals surface area contributed by atoms with Crippen molar-refractivity contribution in [2.75, 3.05) is 0 Å². The van der Waals surface area contributed by atoms with Crippen molar-refractivity contribution in [3.63, 3.8) is 0 Å². The van der Waals surface area contributed by atoms with Crippen molar-refractivity contribution in [1.29, 1.82) is 0 Å². The van der Waals surface area contributed by atoms with Gasteiger partial charge in [0, 0.05) is 0 Å². The molecular formula is C38H32O4Sb2. The van der Waals surface area contributed by atoms with Gasteiger partial charge in [0.25, 0.3) is 0 Å². The van der Waals surface area contributed by atoms with Crippen molar-refractivity contribution in [2.45, 2.75) is 0 Å². The van der Waals surface area contributed by atoms with Crippen LogP contribution in [-0.2, 0) is 0 Å². The van der Waals surface area contributed by atoms with Gasteiger partial charge in [-0.25, -0.2) is 0 Å². The van der Waals surface area contributed by atoms with Gasteiger partial charge in [0.2, 0.25) is 0 Å². The third-order valence-corrected chi connectivity index (χ3v) is 14.9. The zero-order valence-corrected chi connectivity index (χ0v) is 29.3. The van der Waals surface area contributed by atoms with E-state index in [1.54, 1.807) is 0 Å². The Morgan fingerprint density at radius 3 is 0.705 bits per heavy atom. The van der Waals surface area contributed by atoms with E-state index in [0.717, 1.165) is 52.3 Å². The molecule has 5 rings (SSSR count). The van der Waals surface area contributed by atoms with Crippen LogP contribution in [0.25, 0.3) is 24.3 Å².